The predicted molar refractivity (Wildman–Crippen MR) is 103 cm³/mol. The average Bonchev–Trinajstić information content (AvgIpc) is 2.62. The fraction of sp³-hybridized carbons (Fsp3) is 0.350. The highest BCUT2D eigenvalue weighted by molar-refractivity contribution is 7.98. The maximum absolute atomic E-state index is 11.3. The van der Waals surface area contributed by atoms with Crippen LogP contribution in [-0.2, 0) is 11.2 Å². The number of hydrogen-bond donors (Lipinski definition) is 1. The molecule has 0 saturated carbocycles. The van der Waals surface area contributed by atoms with Gasteiger partial charge in [-0.2, -0.15) is 0 Å². The lowest BCUT2D eigenvalue weighted by Crippen LogP contribution is -2.18. The summed E-state index contributed by atoms with van der Waals surface area (Å²) in [7, 11) is 1.59. The van der Waals surface area contributed by atoms with Crippen LogP contribution in [0.2, 0.25) is 0 Å². The second kappa shape index (κ2) is 10.1. The SMILES string of the molecule is COC[C@H](C)Oc1cc(OCCc2ccc(SC)cc2)cc(C(=O)O)c1. The zero-order valence-corrected chi connectivity index (χ0v) is 16.0. The Morgan fingerprint density at radius 2 is 1.85 bits per heavy atom. The minimum atomic E-state index is -1.02. The van der Waals surface area contributed by atoms with Crippen molar-refractivity contribution in [2.45, 2.75) is 24.3 Å². The molecule has 0 aliphatic rings. The van der Waals surface area contributed by atoms with Crippen LogP contribution >= 0.6 is 11.8 Å². The Balaban J connectivity index is 2.02. The van der Waals surface area contributed by atoms with E-state index in [2.05, 4.69) is 24.3 Å². The maximum atomic E-state index is 11.3. The highest BCUT2D eigenvalue weighted by atomic mass is 32.2. The Morgan fingerprint density at radius 3 is 2.46 bits per heavy atom. The van der Waals surface area contributed by atoms with Gasteiger partial charge in [0.15, 0.2) is 0 Å². The molecule has 0 radical (unpaired) electrons. The Morgan fingerprint density at radius 1 is 1.15 bits per heavy atom. The lowest BCUT2D eigenvalue weighted by molar-refractivity contribution is 0.0693. The number of hydrogen-bond acceptors (Lipinski definition) is 5. The average molecular weight is 376 g/mol. The lowest BCUT2D eigenvalue weighted by Gasteiger charge is -2.15. The minimum Gasteiger partial charge on any atom is -0.493 e. The number of methoxy groups -OCH3 is 1. The highest BCUT2D eigenvalue weighted by Gasteiger charge is 2.11. The number of benzene rings is 2. The Bertz CT molecular complexity index is 715. The van der Waals surface area contributed by atoms with Crippen LogP contribution in [-0.4, -0.2) is 43.8 Å². The van der Waals surface area contributed by atoms with Crippen molar-refractivity contribution in [2.75, 3.05) is 26.6 Å². The van der Waals surface area contributed by atoms with Crippen LogP contribution in [0.25, 0.3) is 0 Å². The van der Waals surface area contributed by atoms with E-state index in [1.54, 1.807) is 24.9 Å². The van der Waals surface area contributed by atoms with Gasteiger partial charge in [0.1, 0.15) is 17.6 Å². The van der Waals surface area contributed by atoms with E-state index in [0.29, 0.717) is 24.7 Å². The zero-order chi connectivity index (χ0) is 18.9. The fourth-order valence-corrected chi connectivity index (χ4v) is 2.83. The molecule has 0 amide bonds. The number of ether oxygens (including phenoxy) is 3. The molecule has 0 spiro atoms. The van der Waals surface area contributed by atoms with E-state index in [0.717, 1.165) is 6.42 Å². The minimum absolute atomic E-state index is 0.131. The van der Waals surface area contributed by atoms with E-state index in [-0.39, 0.29) is 11.7 Å². The van der Waals surface area contributed by atoms with Gasteiger partial charge in [-0.1, -0.05) is 12.1 Å². The first kappa shape index (κ1) is 20.1. The Labute approximate surface area is 158 Å². The van der Waals surface area contributed by atoms with E-state index in [1.165, 1.54) is 22.6 Å². The quantitative estimate of drug-likeness (QED) is 0.629. The molecule has 2 aromatic rings. The molecule has 0 aliphatic heterocycles. The smallest absolute Gasteiger partial charge is 0.335 e. The van der Waals surface area contributed by atoms with Crippen LogP contribution in [0.3, 0.4) is 0 Å². The fourth-order valence-electron chi connectivity index (χ4n) is 2.43. The Kier molecular flexibility index (Phi) is 7.81. The van der Waals surface area contributed by atoms with E-state index >= 15 is 0 Å². The van der Waals surface area contributed by atoms with Crippen LogP contribution in [0.5, 0.6) is 11.5 Å². The summed E-state index contributed by atoms with van der Waals surface area (Å²) >= 11 is 1.70. The Hall–Kier alpha value is -2.18. The lowest BCUT2D eigenvalue weighted by atomic mass is 10.1. The molecular weight excluding hydrogens is 352 g/mol. The predicted octanol–water partition coefficient (Wildman–Crippen LogP) is 4.14. The summed E-state index contributed by atoms with van der Waals surface area (Å²) in [5, 5.41) is 9.29. The molecule has 0 heterocycles. The largest absolute Gasteiger partial charge is 0.493 e. The molecule has 0 aromatic heterocycles. The molecule has 2 rings (SSSR count). The first-order chi connectivity index (χ1) is 12.5. The van der Waals surface area contributed by atoms with Crippen LogP contribution in [0.15, 0.2) is 47.4 Å². The summed E-state index contributed by atoms with van der Waals surface area (Å²) in [5.41, 5.74) is 1.30. The van der Waals surface area contributed by atoms with Crippen LogP contribution < -0.4 is 9.47 Å². The van der Waals surface area contributed by atoms with Gasteiger partial charge in [-0.05, 0) is 43.0 Å². The third-order valence-electron chi connectivity index (χ3n) is 3.68. The van der Waals surface area contributed by atoms with Gasteiger partial charge in [-0.3, -0.25) is 0 Å². The van der Waals surface area contributed by atoms with Crippen molar-refractivity contribution in [3.05, 3.63) is 53.6 Å². The molecular formula is C20H24O5S. The molecule has 0 unspecified atom stereocenters. The maximum Gasteiger partial charge on any atom is 0.335 e. The van der Waals surface area contributed by atoms with Gasteiger partial charge in [0.05, 0.1) is 18.8 Å². The molecule has 1 atom stereocenters. The van der Waals surface area contributed by atoms with E-state index in [4.69, 9.17) is 14.2 Å². The summed E-state index contributed by atoms with van der Waals surface area (Å²) in [6.45, 7) is 2.73. The van der Waals surface area contributed by atoms with Gasteiger partial charge >= 0.3 is 5.97 Å². The number of carboxylic acids is 1. The van der Waals surface area contributed by atoms with Crippen LogP contribution in [0.1, 0.15) is 22.8 Å². The number of rotatable bonds is 10. The summed E-state index contributed by atoms with van der Waals surface area (Å²) in [6.07, 6.45) is 2.59. The second-order valence-electron chi connectivity index (χ2n) is 5.83. The van der Waals surface area contributed by atoms with Crippen molar-refractivity contribution in [3.8, 4) is 11.5 Å². The van der Waals surface area contributed by atoms with Crippen LogP contribution in [0.4, 0.5) is 0 Å². The van der Waals surface area contributed by atoms with Crippen molar-refractivity contribution in [3.63, 3.8) is 0 Å². The van der Waals surface area contributed by atoms with Crippen molar-refractivity contribution < 1.29 is 24.1 Å². The first-order valence-corrected chi connectivity index (χ1v) is 9.54. The van der Waals surface area contributed by atoms with E-state index < -0.39 is 5.97 Å². The number of aromatic carboxylic acids is 1. The second-order valence-corrected chi connectivity index (χ2v) is 6.71. The molecule has 0 aliphatic carbocycles. The van der Waals surface area contributed by atoms with Crippen LogP contribution in [0, 0.1) is 0 Å². The van der Waals surface area contributed by atoms with Crippen molar-refractivity contribution >= 4 is 17.7 Å². The topological polar surface area (TPSA) is 65.0 Å². The zero-order valence-electron chi connectivity index (χ0n) is 15.2. The van der Waals surface area contributed by atoms with Crippen molar-refractivity contribution in [1.29, 1.82) is 0 Å². The normalized spacial score (nSPS) is 11.8. The number of thioether (sulfide) groups is 1. The number of carboxylic acid groups (broad SMARTS) is 1. The summed E-state index contributed by atoms with van der Waals surface area (Å²) in [5.74, 6) is -0.0913. The molecule has 0 fully saturated rings. The monoisotopic (exact) mass is 376 g/mol. The van der Waals surface area contributed by atoms with Crippen molar-refractivity contribution in [1.82, 2.24) is 0 Å². The van der Waals surface area contributed by atoms with E-state index in [9.17, 15) is 9.90 Å². The molecule has 26 heavy (non-hydrogen) atoms. The molecule has 140 valence electrons. The summed E-state index contributed by atoms with van der Waals surface area (Å²) in [4.78, 5) is 12.6. The van der Waals surface area contributed by atoms with Gasteiger partial charge in [0.25, 0.3) is 0 Å². The highest BCUT2D eigenvalue weighted by Crippen LogP contribution is 2.24. The van der Waals surface area contributed by atoms with Gasteiger partial charge in [0, 0.05) is 24.5 Å². The molecule has 6 heteroatoms. The summed E-state index contributed by atoms with van der Waals surface area (Å²) in [6, 6.07) is 13.0. The molecule has 1 N–H and O–H groups in total. The van der Waals surface area contributed by atoms with Gasteiger partial charge in [-0.15, -0.1) is 11.8 Å². The first-order valence-electron chi connectivity index (χ1n) is 8.31. The van der Waals surface area contributed by atoms with Crippen molar-refractivity contribution in [2.24, 2.45) is 0 Å². The van der Waals surface area contributed by atoms with Gasteiger partial charge in [0.2, 0.25) is 0 Å². The van der Waals surface area contributed by atoms with E-state index in [1.807, 2.05) is 13.2 Å². The van der Waals surface area contributed by atoms with Gasteiger partial charge < -0.3 is 19.3 Å². The van der Waals surface area contributed by atoms with Gasteiger partial charge in [-0.25, -0.2) is 4.79 Å². The molecule has 2 aromatic carbocycles. The third-order valence-corrected chi connectivity index (χ3v) is 4.43. The third kappa shape index (κ3) is 6.28. The molecule has 0 bridgehead atoms. The summed E-state index contributed by atoms with van der Waals surface area (Å²) < 4.78 is 16.5. The molecule has 0 saturated heterocycles. The number of carbonyl (C=O) groups is 1. The molecule has 5 nitrogen and oxygen atoms in total. The standard InChI is InChI=1S/C20H24O5S/c1-14(13-23-2)25-18-11-16(20(21)22)10-17(12-18)24-9-8-15-4-6-19(26-3)7-5-15/h4-7,10-12,14H,8-9,13H2,1-3H3,(H,21,22)/t14-/m0/s1.